The second-order valence-electron chi connectivity index (χ2n) is 7.77. The first kappa shape index (κ1) is 19.3. The summed E-state index contributed by atoms with van der Waals surface area (Å²) in [4.78, 5) is 20.9. The van der Waals surface area contributed by atoms with Gasteiger partial charge in [0.25, 0.3) is 5.56 Å². The zero-order chi connectivity index (χ0) is 20.2. The van der Waals surface area contributed by atoms with Crippen LogP contribution in [0.3, 0.4) is 0 Å². The Morgan fingerprint density at radius 1 is 1.10 bits per heavy atom. The average molecular weight is 394 g/mol. The predicted octanol–water partition coefficient (Wildman–Crippen LogP) is 2.74. The quantitative estimate of drug-likeness (QED) is 0.692. The van der Waals surface area contributed by atoms with Crippen molar-refractivity contribution < 1.29 is 4.74 Å². The second kappa shape index (κ2) is 8.57. The largest absolute Gasteiger partial charge is 0.381 e. The third-order valence-electron chi connectivity index (χ3n) is 4.92. The number of anilines is 1. The van der Waals surface area contributed by atoms with Gasteiger partial charge in [-0.3, -0.25) is 4.79 Å². The molecule has 0 unspecified atom stereocenters. The molecule has 1 saturated heterocycles. The highest BCUT2D eigenvalue weighted by atomic mass is 16.5. The van der Waals surface area contributed by atoms with Gasteiger partial charge in [0.05, 0.1) is 11.9 Å². The van der Waals surface area contributed by atoms with Crippen molar-refractivity contribution in [2.75, 3.05) is 18.5 Å². The Morgan fingerprint density at radius 2 is 1.86 bits per heavy atom. The monoisotopic (exact) mass is 394 g/mol. The van der Waals surface area contributed by atoms with E-state index < -0.39 is 0 Å². The predicted molar refractivity (Wildman–Crippen MR) is 111 cm³/mol. The summed E-state index contributed by atoms with van der Waals surface area (Å²) in [5.74, 6) is 1.02. The molecule has 1 fully saturated rings. The number of pyridine rings is 1. The Balaban J connectivity index is 1.49. The minimum Gasteiger partial charge on any atom is -0.381 e. The number of rotatable bonds is 6. The molecule has 0 saturated carbocycles. The van der Waals surface area contributed by atoms with Crippen molar-refractivity contribution >= 4 is 5.95 Å². The second-order valence-corrected chi connectivity index (χ2v) is 7.77. The minimum absolute atomic E-state index is 0.00385. The number of nitrogens with zero attached hydrogens (tertiary/aromatic N) is 5. The van der Waals surface area contributed by atoms with E-state index in [1.165, 1.54) is 0 Å². The van der Waals surface area contributed by atoms with Gasteiger partial charge >= 0.3 is 0 Å². The molecule has 1 aliphatic heterocycles. The third kappa shape index (κ3) is 4.71. The van der Waals surface area contributed by atoms with E-state index in [0.717, 1.165) is 42.9 Å². The maximum Gasteiger partial charge on any atom is 0.250 e. The smallest absolute Gasteiger partial charge is 0.250 e. The van der Waals surface area contributed by atoms with Crippen LogP contribution in [0.1, 0.15) is 26.7 Å². The summed E-state index contributed by atoms with van der Waals surface area (Å²) in [6, 6.07) is 3.73. The number of ether oxygens (including phenoxy) is 1. The fraction of sp³-hybridized carbons (Fsp3) is 0.429. The lowest BCUT2D eigenvalue weighted by atomic mass is 10.1. The van der Waals surface area contributed by atoms with Crippen molar-refractivity contribution in [3.05, 3.63) is 53.5 Å². The van der Waals surface area contributed by atoms with Gasteiger partial charge in [-0.1, -0.05) is 13.8 Å². The Bertz CT molecular complexity index is 1000. The van der Waals surface area contributed by atoms with E-state index in [0.29, 0.717) is 24.5 Å². The molecule has 0 bridgehead atoms. The van der Waals surface area contributed by atoms with E-state index in [4.69, 9.17) is 4.74 Å². The molecule has 1 aliphatic rings. The Hall–Kier alpha value is -3.00. The standard InChI is InChI=1S/C21H26N6O2/c1-15(2)12-26-14-19(3-4-20(26)28)27-13-17(11-24-27)16-9-22-21(23-10-16)25-18-5-7-29-8-6-18/h3-4,9-11,13-15,18H,5-8,12H2,1-2H3,(H,22,23,25). The van der Waals surface area contributed by atoms with E-state index >= 15 is 0 Å². The number of nitrogens with one attached hydrogen (secondary N) is 1. The highest BCUT2D eigenvalue weighted by Crippen LogP contribution is 2.20. The van der Waals surface area contributed by atoms with Gasteiger partial charge in [-0.2, -0.15) is 5.10 Å². The summed E-state index contributed by atoms with van der Waals surface area (Å²) in [5, 5.41) is 7.81. The van der Waals surface area contributed by atoms with Crippen LogP contribution in [-0.2, 0) is 11.3 Å². The van der Waals surface area contributed by atoms with Crippen LogP contribution in [-0.4, -0.2) is 43.6 Å². The molecule has 0 amide bonds. The SMILES string of the molecule is CC(C)Cn1cc(-n2cc(-c3cnc(NC4CCOCC4)nc3)cn2)ccc1=O. The zero-order valence-corrected chi connectivity index (χ0v) is 16.8. The summed E-state index contributed by atoms with van der Waals surface area (Å²) in [5.41, 5.74) is 2.65. The number of hydrogen-bond acceptors (Lipinski definition) is 6. The molecule has 0 aromatic carbocycles. The fourth-order valence-electron chi connectivity index (χ4n) is 3.38. The fourth-order valence-corrected chi connectivity index (χ4v) is 3.38. The number of aromatic nitrogens is 5. The lowest BCUT2D eigenvalue weighted by Crippen LogP contribution is -2.28. The Kier molecular flexibility index (Phi) is 5.71. The van der Waals surface area contributed by atoms with E-state index in [2.05, 4.69) is 34.2 Å². The number of hydrogen-bond donors (Lipinski definition) is 1. The molecule has 0 atom stereocenters. The van der Waals surface area contributed by atoms with Crippen LogP contribution in [0, 0.1) is 5.92 Å². The molecule has 3 aromatic heterocycles. The molecule has 0 spiro atoms. The summed E-state index contributed by atoms with van der Waals surface area (Å²) in [6.45, 7) is 6.41. The van der Waals surface area contributed by atoms with Crippen LogP contribution in [0.5, 0.6) is 0 Å². The van der Waals surface area contributed by atoms with E-state index in [9.17, 15) is 4.79 Å². The molecule has 4 rings (SSSR count). The van der Waals surface area contributed by atoms with Gasteiger partial charge in [-0.05, 0) is 24.8 Å². The Labute approximate surface area is 169 Å². The van der Waals surface area contributed by atoms with Crippen molar-refractivity contribution in [1.29, 1.82) is 0 Å². The molecule has 1 N–H and O–H groups in total. The first-order valence-corrected chi connectivity index (χ1v) is 10.0. The van der Waals surface area contributed by atoms with Crippen molar-refractivity contribution in [2.45, 2.75) is 39.3 Å². The molecule has 8 heteroatoms. The molecule has 29 heavy (non-hydrogen) atoms. The summed E-state index contributed by atoms with van der Waals surface area (Å²) < 4.78 is 8.86. The maximum absolute atomic E-state index is 12.0. The van der Waals surface area contributed by atoms with Crippen LogP contribution in [0.4, 0.5) is 5.95 Å². The summed E-state index contributed by atoms with van der Waals surface area (Å²) in [7, 11) is 0. The molecular formula is C21H26N6O2. The lowest BCUT2D eigenvalue weighted by molar-refractivity contribution is 0.0903. The van der Waals surface area contributed by atoms with Crippen LogP contribution < -0.4 is 10.9 Å². The van der Waals surface area contributed by atoms with Crippen molar-refractivity contribution in [3.8, 4) is 16.8 Å². The molecule has 152 valence electrons. The molecule has 0 aliphatic carbocycles. The first-order chi connectivity index (χ1) is 14.1. The van der Waals surface area contributed by atoms with E-state index in [-0.39, 0.29) is 5.56 Å². The van der Waals surface area contributed by atoms with Crippen LogP contribution in [0.2, 0.25) is 0 Å². The molecular weight excluding hydrogens is 368 g/mol. The molecule has 0 radical (unpaired) electrons. The zero-order valence-electron chi connectivity index (χ0n) is 16.8. The lowest BCUT2D eigenvalue weighted by Gasteiger charge is -2.22. The van der Waals surface area contributed by atoms with E-state index in [1.54, 1.807) is 40.0 Å². The van der Waals surface area contributed by atoms with Gasteiger partial charge < -0.3 is 14.6 Å². The van der Waals surface area contributed by atoms with Gasteiger partial charge in [0, 0.05) is 67.8 Å². The van der Waals surface area contributed by atoms with Crippen LogP contribution in [0.25, 0.3) is 16.8 Å². The normalized spacial score (nSPS) is 15.0. The third-order valence-corrected chi connectivity index (χ3v) is 4.92. The summed E-state index contributed by atoms with van der Waals surface area (Å²) in [6.07, 6.45) is 11.1. The van der Waals surface area contributed by atoms with Crippen LogP contribution in [0.15, 0.2) is 47.9 Å². The highest BCUT2D eigenvalue weighted by molar-refractivity contribution is 5.60. The molecule has 8 nitrogen and oxygen atoms in total. The van der Waals surface area contributed by atoms with Crippen LogP contribution >= 0.6 is 0 Å². The van der Waals surface area contributed by atoms with Crippen molar-refractivity contribution in [2.24, 2.45) is 5.92 Å². The average Bonchev–Trinajstić information content (AvgIpc) is 3.21. The Morgan fingerprint density at radius 3 is 2.59 bits per heavy atom. The van der Waals surface area contributed by atoms with E-state index in [1.807, 2.05) is 12.4 Å². The minimum atomic E-state index is -0.00385. The summed E-state index contributed by atoms with van der Waals surface area (Å²) >= 11 is 0. The van der Waals surface area contributed by atoms with Crippen molar-refractivity contribution in [1.82, 2.24) is 24.3 Å². The van der Waals surface area contributed by atoms with Gasteiger partial charge in [0.15, 0.2) is 0 Å². The molecule has 4 heterocycles. The van der Waals surface area contributed by atoms with Gasteiger partial charge in [0.1, 0.15) is 0 Å². The van der Waals surface area contributed by atoms with Gasteiger partial charge in [-0.15, -0.1) is 0 Å². The maximum atomic E-state index is 12.0. The van der Waals surface area contributed by atoms with Crippen molar-refractivity contribution in [3.63, 3.8) is 0 Å². The first-order valence-electron chi connectivity index (χ1n) is 10.0. The van der Waals surface area contributed by atoms with Gasteiger partial charge in [0.2, 0.25) is 5.95 Å². The van der Waals surface area contributed by atoms with Gasteiger partial charge in [-0.25, -0.2) is 14.6 Å². The molecule has 3 aromatic rings. The highest BCUT2D eigenvalue weighted by Gasteiger charge is 2.14. The topological polar surface area (TPSA) is 86.9 Å².